The molecule has 10 heteroatoms. The Morgan fingerprint density at radius 1 is 1.11 bits per heavy atom. The van der Waals surface area contributed by atoms with Crippen LogP contribution in [-0.2, 0) is 20.4 Å². The van der Waals surface area contributed by atoms with Crippen LogP contribution in [0.25, 0.3) is 0 Å². The van der Waals surface area contributed by atoms with Crippen LogP contribution >= 0.6 is 22.9 Å². The normalized spacial score (nSPS) is 11.2. The molecule has 0 saturated heterocycles. The number of carbonyl (C=O) groups excluding carboxylic acids is 1. The molecule has 3 aromatic rings. The van der Waals surface area contributed by atoms with Gasteiger partial charge < -0.3 is 4.74 Å². The molecule has 0 radical (unpaired) electrons. The molecule has 0 atom stereocenters. The van der Waals surface area contributed by atoms with Gasteiger partial charge >= 0.3 is 0 Å². The van der Waals surface area contributed by atoms with Crippen molar-refractivity contribution in [2.45, 2.75) is 17.0 Å². The first-order chi connectivity index (χ1) is 13.3. The van der Waals surface area contributed by atoms with Crippen LogP contribution in [0.1, 0.15) is 11.1 Å². The Kier molecular flexibility index (Phi) is 6.28. The maximum absolute atomic E-state index is 12.5. The monoisotopic (exact) mass is 437 g/mol. The van der Waals surface area contributed by atoms with Gasteiger partial charge in [0.15, 0.2) is 6.61 Å². The second kappa shape index (κ2) is 8.68. The number of amides is 1. The van der Waals surface area contributed by atoms with Gasteiger partial charge in [-0.05, 0) is 36.8 Å². The molecule has 0 aliphatic heterocycles. The molecule has 0 fully saturated rings. The molecule has 1 amide bonds. The number of halogens is 1. The van der Waals surface area contributed by atoms with Crippen LogP contribution in [0.2, 0.25) is 5.02 Å². The molecule has 146 valence electrons. The molecule has 0 aliphatic carbocycles. The lowest BCUT2D eigenvalue weighted by Gasteiger charge is -2.05. The molecule has 1 heterocycles. The topological polar surface area (TPSA) is 98.3 Å². The third-order valence-corrected chi connectivity index (χ3v) is 6.80. The van der Waals surface area contributed by atoms with Crippen molar-refractivity contribution in [2.24, 2.45) is 0 Å². The van der Waals surface area contributed by atoms with Crippen molar-refractivity contribution >= 4 is 43.8 Å². The predicted octanol–water partition coefficient (Wildman–Crippen LogP) is 3.49. The second-order valence-electron chi connectivity index (χ2n) is 5.91. The highest BCUT2D eigenvalue weighted by atomic mass is 35.5. The predicted molar refractivity (Wildman–Crippen MR) is 108 cm³/mol. The van der Waals surface area contributed by atoms with Gasteiger partial charge in [-0.2, -0.15) is 0 Å². The summed E-state index contributed by atoms with van der Waals surface area (Å²) in [5.41, 5.74) is 1.70. The lowest BCUT2D eigenvalue weighted by Crippen LogP contribution is -2.20. The molecular weight excluding hydrogens is 422 g/mol. The van der Waals surface area contributed by atoms with Crippen molar-refractivity contribution in [2.75, 3.05) is 11.9 Å². The minimum absolute atomic E-state index is 0.0900. The van der Waals surface area contributed by atoms with Crippen molar-refractivity contribution < 1.29 is 17.9 Å². The largest absolute Gasteiger partial charge is 0.484 e. The van der Waals surface area contributed by atoms with Crippen LogP contribution in [0, 0.1) is 6.92 Å². The number of rotatable bonds is 7. The maximum Gasteiger partial charge on any atom is 0.264 e. The van der Waals surface area contributed by atoms with Crippen molar-refractivity contribution in [3.63, 3.8) is 0 Å². The molecule has 0 saturated carbocycles. The fraction of sp³-hybridized carbons (Fsp3) is 0.167. The summed E-state index contributed by atoms with van der Waals surface area (Å²) in [5, 5.41) is 10.6. The van der Waals surface area contributed by atoms with E-state index in [1.54, 1.807) is 36.4 Å². The second-order valence-corrected chi connectivity index (χ2v) is 9.49. The summed E-state index contributed by atoms with van der Waals surface area (Å²) in [6.45, 7) is 1.67. The van der Waals surface area contributed by atoms with E-state index in [1.165, 1.54) is 0 Å². The number of benzene rings is 2. The number of anilines is 1. The lowest BCUT2D eigenvalue weighted by atomic mass is 10.2. The fourth-order valence-corrected chi connectivity index (χ4v) is 4.65. The number of nitrogens with zero attached hydrogens (tertiary/aromatic N) is 2. The van der Waals surface area contributed by atoms with Gasteiger partial charge in [-0.3, -0.25) is 10.1 Å². The van der Waals surface area contributed by atoms with Gasteiger partial charge in [-0.1, -0.05) is 52.8 Å². The summed E-state index contributed by atoms with van der Waals surface area (Å²) in [6.07, 6.45) is 0. The summed E-state index contributed by atoms with van der Waals surface area (Å²) in [5.74, 6) is -0.179. The van der Waals surface area contributed by atoms with Gasteiger partial charge in [0.2, 0.25) is 19.3 Å². The van der Waals surface area contributed by atoms with Crippen LogP contribution in [0.15, 0.2) is 52.9 Å². The van der Waals surface area contributed by atoms with Crippen molar-refractivity contribution in [3.8, 4) is 5.75 Å². The van der Waals surface area contributed by atoms with Crippen molar-refractivity contribution in [1.29, 1.82) is 0 Å². The molecule has 2 aromatic carbocycles. The molecule has 0 spiro atoms. The third kappa shape index (κ3) is 5.51. The van der Waals surface area contributed by atoms with Crippen LogP contribution in [0.5, 0.6) is 5.75 Å². The number of aryl methyl sites for hydroxylation is 1. The van der Waals surface area contributed by atoms with E-state index in [4.69, 9.17) is 16.3 Å². The van der Waals surface area contributed by atoms with E-state index in [0.717, 1.165) is 16.9 Å². The number of sulfone groups is 1. The zero-order valence-electron chi connectivity index (χ0n) is 14.8. The molecule has 1 aromatic heterocycles. The maximum atomic E-state index is 12.5. The first-order valence-corrected chi connectivity index (χ1v) is 11.0. The molecule has 0 aliphatic rings. The average molecular weight is 438 g/mol. The van der Waals surface area contributed by atoms with Gasteiger partial charge in [0, 0.05) is 5.02 Å². The standard InChI is InChI=1S/C18H16ClN3O4S2/c1-12-2-4-13(5-3-12)11-28(24,25)18-22-21-17(27-18)20-16(23)10-26-15-8-6-14(19)7-9-15/h2-9H,10-11H2,1H3,(H,20,21,23). The number of hydrogen-bond donors (Lipinski definition) is 1. The Labute approximate surface area is 171 Å². The van der Waals surface area contributed by atoms with E-state index in [0.29, 0.717) is 16.3 Å². The summed E-state index contributed by atoms with van der Waals surface area (Å²) >= 11 is 6.58. The Morgan fingerprint density at radius 2 is 1.79 bits per heavy atom. The molecule has 1 N–H and O–H groups in total. The number of hydrogen-bond acceptors (Lipinski definition) is 7. The van der Waals surface area contributed by atoms with Crippen LogP contribution in [-0.4, -0.2) is 31.1 Å². The minimum Gasteiger partial charge on any atom is -0.484 e. The van der Waals surface area contributed by atoms with E-state index >= 15 is 0 Å². The molecular formula is C18H16ClN3O4S2. The van der Waals surface area contributed by atoms with Crippen molar-refractivity contribution in [3.05, 3.63) is 64.7 Å². The summed E-state index contributed by atoms with van der Waals surface area (Å²) < 4.78 is 30.1. The Morgan fingerprint density at radius 3 is 2.46 bits per heavy atom. The highest BCUT2D eigenvalue weighted by Gasteiger charge is 2.21. The quantitative estimate of drug-likeness (QED) is 0.568. The van der Waals surface area contributed by atoms with Crippen molar-refractivity contribution in [1.82, 2.24) is 10.2 Å². The minimum atomic E-state index is -3.65. The highest BCUT2D eigenvalue weighted by molar-refractivity contribution is 7.92. The summed E-state index contributed by atoms with van der Waals surface area (Å²) in [6, 6.07) is 13.8. The Balaban J connectivity index is 1.58. The SMILES string of the molecule is Cc1ccc(CS(=O)(=O)c2nnc(NC(=O)COc3ccc(Cl)cc3)s2)cc1. The van der Waals surface area contributed by atoms with E-state index in [-0.39, 0.29) is 21.8 Å². The van der Waals surface area contributed by atoms with Gasteiger partial charge in [-0.15, -0.1) is 10.2 Å². The molecule has 0 bridgehead atoms. The van der Waals surface area contributed by atoms with E-state index in [9.17, 15) is 13.2 Å². The number of aromatic nitrogens is 2. The Bertz CT molecular complexity index is 1060. The lowest BCUT2D eigenvalue weighted by molar-refractivity contribution is -0.118. The van der Waals surface area contributed by atoms with Gasteiger partial charge in [0.25, 0.3) is 5.91 Å². The fourth-order valence-electron chi connectivity index (χ4n) is 2.19. The number of carbonyl (C=O) groups is 1. The highest BCUT2D eigenvalue weighted by Crippen LogP contribution is 2.23. The Hall–Kier alpha value is -2.49. The van der Waals surface area contributed by atoms with Crippen LogP contribution < -0.4 is 10.1 Å². The summed E-state index contributed by atoms with van der Waals surface area (Å²) in [7, 11) is -3.65. The average Bonchev–Trinajstić information content (AvgIpc) is 3.12. The molecule has 28 heavy (non-hydrogen) atoms. The van der Waals surface area contributed by atoms with E-state index in [2.05, 4.69) is 15.5 Å². The molecule has 3 rings (SSSR count). The number of ether oxygens (including phenoxy) is 1. The third-order valence-electron chi connectivity index (χ3n) is 3.58. The smallest absolute Gasteiger partial charge is 0.264 e. The zero-order chi connectivity index (χ0) is 20.1. The molecule has 0 unspecified atom stereocenters. The van der Waals surface area contributed by atoms with E-state index < -0.39 is 15.7 Å². The summed E-state index contributed by atoms with van der Waals surface area (Å²) in [4.78, 5) is 12.0. The van der Waals surface area contributed by atoms with Crippen LogP contribution in [0.3, 0.4) is 0 Å². The van der Waals surface area contributed by atoms with Gasteiger partial charge in [0.1, 0.15) is 5.75 Å². The first-order valence-electron chi connectivity index (χ1n) is 8.12. The zero-order valence-corrected chi connectivity index (χ0v) is 17.1. The number of nitrogens with one attached hydrogen (secondary N) is 1. The molecule has 7 nitrogen and oxygen atoms in total. The van der Waals surface area contributed by atoms with Gasteiger partial charge in [-0.25, -0.2) is 8.42 Å². The first kappa shape index (κ1) is 20.2. The van der Waals surface area contributed by atoms with Crippen LogP contribution in [0.4, 0.5) is 5.13 Å². The van der Waals surface area contributed by atoms with E-state index in [1.807, 2.05) is 19.1 Å². The van der Waals surface area contributed by atoms with Gasteiger partial charge in [0.05, 0.1) is 5.75 Å².